The Bertz CT molecular complexity index is 857. The second-order valence-corrected chi connectivity index (χ2v) is 5.40. The molecule has 1 aromatic heterocycles. The third kappa shape index (κ3) is 2.86. The molecule has 2 aromatic carbocycles. The van der Waals surface area contributed by atoms with Crippen LogP contribution in [0.5, 0.6) is 11.5 Å². The van der Waals surface area contributed by atoms with Crippen LogP contribution in [-0.2, 0) is 6.42 Å². The maximum Gasteiger partial charge on any atom is 0.247 e. The number of aromatic nitrogens is 2. The predicted molar refractivity (Wildman–Crippen MR) is 85.2 cm³/mol. The van der Waals surface area contributed by atoms with Crippen LogP contribution in [-0.4, -0.2) is 29.2 Å². The van der Waals surface area contributed by atoms with E-state index in [0.717, 1.165) is 23.3 Å². The molecule has 0 aliphatic carbocycles. The maximum atomic E-state index is 12.3. The van der Waals surface area contributed by atoms with Gasteiger partial charge in [-0.2, -0.15) is 0 Å². The van der Waals surface area contributed by atoms with Gasteiger partial charge in [-0.1, -0.05) is 0 Å². The van der Waals surface area contributed by atoms with Gasteiger partial charge in [-0.3, -0.25) is 4.79 Å². The molecule has 0 saturated heterocycles. The van der Waals surface area contributed by atoms with Crippen molar-refractivity contribution >= 4 is 5.78 Å². The van der Waals surface area contributed by atoms with Crippen LogP contribution in [0.15, 0.2) is 53.3 Å². The van der Waals surface area contributed by atoms with Crippen molar-refractivity contribution < 1.29 is 18.7 Å². The largest absolute Gasteiger partial charge is 0.493 e. The van der Waals surface area contributed by atoms with Crippen LogP contribution in [0.3, 0.4) is 0 Å². The minimum atomic E-state index is -0.0642. The molecule has 6 heteroatoms. The maximum absolute atomic E-state index is 12.3. The number of hydrogen-bond acceptors (Lipinski definition) is 6. The summed E-state index contributed by atoms with van der Waals surface area (Å²) in [5, 5.41) is 7.47. The van der Waals surface area contributed by atoms with E-state index < -0.39 is 0 Å². The molecule has 24 heavy (non-hydrogen) atoms. The van der Waals surface area contributed by atoms with Gasteiger partial charge in [-0.15, -0.1) is 10.2 Å². The third-order valence-electron chi connectivity index (χ3n) is 3.84. The standard InChI is InChI=1S/C18H14N2O4/c21-16(13-3-6-17-14(9-13)7-8-22-17)10-23-15-4-1-12(2-5-15)18-20-19-11-24-18/h1-6,9,11H,7-8,10H2. The summed E-state index contributed by atoms with van der Waals surface area (Å²) in [6.07, 6.45) is 2.12. The van der Waals surface area contributed by atoms with Crippen molar-refractivity contribution in [2.45, 2.75) is 6.42 Å². The molecule has 0 amide bonds. The number of hydrogen-bond donors (Lipinski definition) is 0. The molecular weight excluding hydrogens is 308 g/mol. The summed E-state index contributed by atoms with van der Waals surface area (Å²) in [7, 11) is 0. The van der Waals surface area contributed by atoms with Crippen molar-refractivity contribution in [1.82, 2.24) is 10.2 Å². The van der Waals surface area contributed by atoms with Crippen LogP contribution < -0.4 is 9.47 Å². The molecule has 0 unspecified atom stereocenters. The molecule has 2 heterocycles. The molecule has 0 saturated carbocycles. The lowest BCUT2D eigenvalue weighted by atomic mass is 10.1. The summed E-state index contributed by atoms with van der Waals surface area (Å²) in [4.78, 5) is 12.3. The molecular formula is C18H14N2O4. The zero-order valence-electron chi connectivity index (χ0n) is 12.8. The fourth-order valence-electron chi connectivity index (χ4n) is 2.58. The fourth-order valence-corrected chi connectivity index (χ4v) is 2.58. The molecule has 0 atom stereocenters. The van der Waals surface area contributed by atoms with Gasteiger partial charge in [0, 0.05) is 17.5 Å². The Kier molecular flexibility index (Phi) is 3.70. The van der Waals surface area contributed by atoms with E-state index in [4.69, 9.17) is 13.9 Å². The molecule has 4 rings (SSSR count). The van der Waals surface area contributed by atoms with Crippen LogP contribution in [0.1, 0.15) is 15.9 Å². The van der Waals surface area contributed by atoms with Gasteiger partial charge in [0.25, 0.3) is 0 Å². The van der Waals surface area contributed by atoms with Crippen molar-refractivity contribution in [3.05, 3.63) is 60.0 Å². The molecule has 0 fully saturated rings. The summed E-state index contributed by atoms with van der Waals surface area (Å²) in [5.41, 5.74) is 2.51. The van der Waals surface area contributed by atoms with Gasteiger partial charge >= 0.3 is 0 Å². The average molecular weight is 322 g/mol. The van der Waals surface area contributed by atoms with Crippen molar-refractivity contribution in [3.63, 3.8) is 0 Å². The first-order chi connectivity index (χ1) is 11.8. The normalized spacial score (nSPS) is 12.5. The van der Waals surface area contributed by atoms with Crippen LogP contribution in [0.25, 0.3) is 11.5 Å². The van der Waals surface area contributed by atoms with Crippen molar-refractivity contribution in [3.8, 4) is 23.0 Å². The van der Waals surface area contributed by atoms with E-state index in [1.165, 1.54) is 6.39 Å². The zero-order chi connectivity index (χ0) is 16.4. The van der Waals surface area contributed by atoms with E-state index in [1.54, 1.807) is 30.3 Å². The van der Waals surface area contributed by atoms with Crippen molar-refractivity contribution in [2.24, 2.45) is 0 Å². The van der Waals surface area contributed by atoms with Crippen LogP contribution in [0.4, 0.5) is 0 Å². The van der Waals surface area contributed by atoms with Gasteiger partial charge in [0.2, 0.25) is 12.3 Å². The second kappa shape index (κ2) is 6.16. The van der Waals surface area contributed by atoms with Gasteiger partial charge in [0.15, 0.2) is 12.4 Å². The molecule has 0 radical (unpaired) electrons. The lowest BCUT2D eigenvalue weighted by Crippen LogP contribution is -2.11. The Morgan fingerprint density at radius 1 is 1.17 bits per heavy atom. The highest BCUT2D eigenvalue weighted by Crippen LogP contribution is 2.26. The summed E-state index contributed by atoms with van der Waals surface area (Å²) >= 11 is 0. The molecule has 1 aliphatic rings. The smallest absolute Gasteiger partial charge is 0.247 e. The van der Waals surface area contributed by atoms with E-state index in [1.807, 2.05) is 12.1 Å². The summed E-state index contributed by atoms with van der Waals surface area (Å²) in [6, 6.07) is 12.6. The molecule has 3 aromatic rings. The van der Waals surface area contributed by atoms with Crippen LogP contribution >= 0.6 is 0 Å². The van der Waals surface area contributed by atoms with E-state index in [-0.39, 0.29) is 12.4 Å². The lowest BCUT2D eigenvalue weighted by molar-refractivity contribution is 0.0921. The Labute approximate surface area is 138 Å². The number of nitrogens with zero attached hydrogens (tertiary/aromatic N) is 2. The number of fused-ring (bicyclic) bond motifs is 1. The SMILES string of the molecule is O=C(COc1ccc(-c2nnco2)cc1)c1ccc2c(c1)CCO2. The number of ether oxygens (including phenoxy) is 2. The third-order valence-corrected chi connectivity index (χ3v) is 3.84. The average Bonchev–Trinajstić information content (AvgIpc) is 3.30. The molecule has 0 spiro atoms. The zero-order valence-corrected chi connectivity index (χ0v) is 12.8. The Morgan fingerprint density at radius 3 is 2.83 bits per heavy atom. The van der Waals surface area contributed by atoms with Crippen molar-refractivity contribution in [2.75, 3.05) is 13.2 Å². The number of carbonyl (C=O) groups is 1. The predicted octanol–water partition coefficient (Wildman–Crippen LogP) is 2.93. The Balaban J connectivity index is 1.40. The molecule has 0 N–H and O–H groups in total. The van der Waals surface area contributed by atoms with E-state index in [2.05, 4.69) is 10.2 Å². The Morgan fingerprint density at radius 2 is 2.04 bits per heavy atom. The fraction of sp³-hybridized carbons (Fsp3) is 0.167. The minimum Gasteiger partial charge on any atom is -0.493 e. The second-order valence-electron chi connectivity index (χ2n) is 5.40. The van der Waals surface area contributed by atoms with Crippen molar-refractivity contribution in [1.29, 1.82) is 0 Å². The highest BCUT2D eigenvalue weighted by atomic mass is 16.5. The summed E-state index contributed by atoms with van der Waals surface area (Å²) in [5.74, 6) is 1.85. The van der Waals surface area contributed by atoms with E-state index in [9.17, 15) is 4.79 Å². The highest BCUT2D eigenvalue weighted by Gasteiger charge is 2.15. The highest BCUT2D eigenvalue weighted by molar-refractivity contribution is 5.97. The number of rotatable bonds is 5. The van der Waals surface area contributed by atoms with E-state index in [0.29, 0.717) is 23.8 Å². The first-order valence-electron chi connectivity index (χ1n) is 7.58. The number of Topliss-reactive ketones (excluding diaryl/α,β-unsaturated/α-hetero) is 1. The Hall–Kier alpha value is -3.15. The minimum absolute atomic E-state index is 0.0143. The molecule has 120 valence electrons. The van der Waals surface area contributed by atoms with Gasteiger partial charge in [-0.05, 0) is 48.0 Å². The van der Waals surface area contributed by atoms with Gasteiger partial charge in [-0.25, -0.2) is 0 Å². The molecule has 6 nitrogen and oxygen atoms in total. The lowest BCUT2D eigenvalue weighted by Gasteiger charge is -2.07. The van der Waals surface area contributed by atoms with Gasteiger partial charge < -0.3 is 13.9 Å². The molecule has 0 bridgehead atoms. The summed E-state index contributed by atoms with van der Waals surface area (Å²) in [6.45, 7) is 0.662. The first kappa shape index (κ1) is 14.4. The van der Waals surface area contributed by atoms with E-state index >= 15 is 0 Å². The number of carbonyl (C=O) groups excluding carboxylic acids is 1. The van der Waals surface area contributed by atoms with Crippen LogP contribution in [0, 0.1) is 0 Å². The number of ketones is 1. The monoisotopic (exact) mass is 322 g/mol. The van der Waals surface area contributed by atoms with Gasteiger partial charge in [0.1, 0.15) is 11.5 Å². The van der Waals surface area contributed by atoms with Gasteiger partial charge in [0.05, 0.1) is 6.61 Å². The number of benzene rings is 2. The topological polar surface area (TPSA) is 74.5 Å². The van der Waals surface area contributed by atoms with Crippen LogP contribution in [0.2, 0.25) is 0 Å². The quantitative estimate of drug-likeness (QED) is 0.672. The molecule has 1 aliphatic heterocycles. The summed E-state index contributed by atoms with van der Waals surface area (Å²) < 4.78 is 16.1. The first-order valence-corrected chi connectivity index (χ1v) is 7.58.